The Hall–Kier alpha value is -2.33. The van der Waals surface area contributed by atoms with Gasteiger partial charge in [-0.15, -0.1) is 0 Å². The van der Waals surface area contributed by atoms with Crippen molar-refractivity contribution < 1.29 is 13.9 Å². The standard InChI is InChI=1S/C18H21NO3/c1-3-21-13-16-7-5-15(6-8-16)12-19-18(20)11-10-17-9-4-14(2)22-17/h4-11H,3,12-13H2,1-2H3,(H,19,20). The molecule has 0 spiro atoms. The van der Waals surface area contributed by atoms with Gasteiger partial charge in [0.2, 0.25) is 5.91 Å². The molecule has 116 valence electrons. The molecule has 0 unspecified atom stereocenters. The summed E-state index contributed by atoms with van der Waals surface area (Å²) in [6.07, 6.45) is 3.13. The summed E-state index contributed by atoms with van der Waals surface area (Å²) in [6, 6.07) is 11.7. The van der Waals surface area contributed by atoms with Gasteiger partial charge in [-0.3, -0.25) is 4.79 Å². The van der Waals surface area contributed by atoms with Crippen molar-refractivity contribution in [2.24, 2.45) is 0 Å². The van der Waals surface area contributed by atoms with Gasteiger partial charge in [0, 0.05) is 19.2 Å². The number of nitrogens with one attached hydrogen (secondary N) is 1. The van der Waals surface area contributed by atoms with Gasteiger partial charge in [0.15, 0.2) is 0 Å². The third kappa shape index (κ3) is 5.22. The number of aryl methyl sites for hydroxylation is 1. The molecule has 4 heteroatoms. The van der Waals surface area contributed by atoms with Crippen molar-refractivity contribution in [2.75, 3.05) is 6.61 Å². The highest BCUT2D eigenvalue weighted by Crippen LogP contribution is 2.08. The maximum absolute atomic E-state index is 11.7. The van der Waals surface area contributed by atoms with E-state index in [-0.39, 0.29) is 5.91 Å². The van der Waals surface area contributed by atoms with E-state index in [9.17, 15) is 4.79 Å². The van der Waals surface area contributed by atoms with Gasteiger partial charge in [-0.05, 0) is 43.2 Å². The van der Waals surface area contributed by atoms with Gasteiger partial charge < -0.3 is 14.5 Å². The van der Waals surface area contributed by atoms with Gasteiger partial charge >= 0.3 is 0 Å². The van der Waals surface area contributed by atoms with Crippen LogP contribution in [0.3, 0.4) is 0 Å². The molecule has 1 heterocycles. The number of hydrogen-bond acceptors (Lipinski definition) is 3. The highest BCUT2D eigenvalue weighted by atomic mass is 16.5. The minimum atomic E-state index is -0.146. The molecule has 2 rings (SSSR count). The lowest BCUT2D eigenvalue weighted by Crippen LogP contribution is -2.20. The van der Waals surface area contributed by atoms with Crippen molar-refractivity contribution >= 4 is 12.0 Å². The highest BCUT2D eigenvalue weighted by molar-refractivity contribution is 5.91. The minimum Gasteiger partial charge on any atom is -0.462 e. The van der Waals surface area contributed by atoms with E-state index in [4.69, 9.17) is 9.15 Å². The highest BCUT2D eigenvalue weighted by Gasteiger charge is 1.99. The van der Waals surface area contributed by atoms with Crippen molar-refractivity contribution in [3.63, 3.8) is 0 Å². The molecule has 0 saturated heterocycles. The molecule has 22 heavy (non-hydrogen) atoms. The number of amides is 1. The first-order valence-corrected chi connectivity index (χ1v) is 7.35. The molecule has 0 atom stereocenters. The molecule has 0 aliphatic carbocycles. The Bertz CT molecular complexity index is 626. The van der Waals surface area contributed by atoms with Gasteiger partial charge in [-0.1, -0.05) is 24.3 Å². The predicted octanol–water partition coefficient (Wildman–Crippen LogP) is 3.45. The van der Waals surface area contributed by atoms with Crippen LogP contribution in [-0.2, 0) is 22.7 Å². The number of ether oxygens (including phenoxy) is 1. The monoisotopic (exact) mass is 299 g/mol. The van der Waals surface area contributed by atoms with Gasteiger partial charge in [0.1, 0.15) is 11.5 Å². The summed E-state index contributed by atoms with van der Waals surface area (Å²) in [5.41, 5.74) is 2.18. The smallest absolute Gasteiger partial charge is 0.244 e. The molecule has 2 aromatic rings. The average Bonchev–Trinajstić information content (AvgIpc) is 2.95. The Kier molecular flexibility index (Phi) is 5.98. The lowest BCUT2D eigenvalue weighted by molar-refractivity contribution is -0.116. The van der Waals surface area contributed by atoms with Crippen LogP contribution in [0.1, 0.15) is 29.6 Å². The van der Waals surface area contributed by atoms with Crippen LogP contribution in [0.5, 0.6) is 0 Å². The molecular formula is C18H21NO3. The van der Waals surface area contributed by atoms with E-state index in [1.54, 1.807) is 6.08 Å². The fraction of sp³-hybridized carbons (Fsp3) is 0.278. The zero-order valence-corrected chi connectivity index (χ0v) is 13.0. The Morgan fingerprint density at radius 1 is 1.18 bits per heavy atom. The average molecular weight is 299 g/mol. The van der Waals surface area contributed by atoms with Crippen molar-refractivity contribution in [1.82, 2.24) is 5.32 Å². The van der Waals surface area contributed by atoms with E-state index in [1.807, 2.05) is 50.2 Å². The third-order valence-corrected chi connectivity index (χ3v) is 3.12. The largest absolute Gasteiger partial charge is 0.462 e. The fourth-order valence-corrected chi connectivity index (χ4v) is 1.92. The second kappa shape index (κ2) is 8.20. The Morgan fingerprint density at radius 2 is 1.91 bits per heavy atom. The van der Waals surface area contributed by atoms with E-state index in [0.717, 1.165) is 16.9 Å². The SMILES string of the molecule is CCOCc1ccc(CNC(=O)C=Cc2ccc(C)o2)cc1. The van der Waals surface area contributed by atoms with Crippen molar-refractivity contribution in [3.8, 4) is 0 Å². The molecule has 4 nitrogen and oxygen atoms in total. The molecule has 0 radical (unpaired) electrons. The molecular weight excluding hydrogens is 278 g/mol. The van der Waals surface area contributed by atoms with E-state index in [1.165, 1.54) is 6.08 Å². The van der Waals surface area contributed by atoms with E-state index in [2.05, 4.69) is 5.32 Å². The summed E-state index contributed by atoms with van der Waals surface area (Å²) in [6.45, 7) is 5.66. The zero-order chi connectivity index (χ0) is 15.8. The first-order chi connectivity index (χ1) is 10.7. The van der Waals surface area contributed by atoms with Crippen molar-refractivity contribution in [2.45, 2.75) is 27.0 Å². The Balaban J connectivity index is 1.79. The van der Waals surface area contributed by atoms with E-state index >= 15 is 0 Å². The summed E-state index contributed by atoms with van der Waals surface area (Å²) < 4.78 is 10.7. The Morgan fingerprint density at radius 3 is 2.55 bits per heavy atom. The van der Waals surface area contributed by atoms with Gasteiger partial charge in [-0.25, -0.2) is 0 Å². The fourth-order valence-electron chi connectivity index (χ4n) is 1.92. The zero-order valence-electron chi connectivity index (χ0n) is 13.0. The first-order valence-electron chi connectivity index (χ1n) is 7.35. The molecule has 1 aromatic heterocycles. The summed E-state index contributed by atoms with van der Waals surface area (Å²) in [4.78, 5) is 11.7. The molecule has 0 bridgehead atoms. The number of rotatable bonds is 7. The second-order valence-electron chi connectivity index (χ2n) is 4.95. The van der Waals surface area contributed by atoms with E-state index in [0.29, 0.717) is 25.5 Å². The summed E-state index contributed by atoms with van der Waals surface area (Å²) in [5.74, 6) is 1.35. The molecule has 1 amide bonds. The van der Waals surface area contributed by atoms with Crippen LogP contribution in [0.15, 0.2) is 46.9 Å². The quantitative estimate of drug-likeness (QED) is 0.797. The topological polar surface area (TPSA) is 51.5 Å². The lowest BCUT2D eigenvalue weighted by atomic mass is 10.1. The number of hydrogen-bond donors (Lipinski definition) is 1. The Labute approximate surface area is 130 Å². The van der Waals surface area contributed by atoms with Crippen LogP contribution in [-0.4, -0.2) is 12.5 Å². The first kappa shape index (κ1) is 16.0. The van der Waals surface area contributed by atoms with Gasteiger partial charge in [0.05, 0.1) is 6.61 Å². The maximum atomic E-state index is 11.7. The molecule has 0 fully saturated rings. The minimum absolute atomic E-state index is 0.146. The summed E-state index contributed by atoms with van der Waals surface area (Å²) >= 11 is 0. The molecule has 0 aliphatic heterocycles. The molecule has 0 aliphatic rings. The molecule has 0 saturated carbocycles. The predicted molar refractivity (Wildman–Crippen MR) is 86.1 cm³/mol. The van der Waals surface area contributed by atoms with Crippen molar-refractivity contribution in [1.29, 1.82) is 0 Å². The number of benzene rings is 1. The molecule has 1 aromatic carbocycles. The molecule has 1 N–H and O–H groups in total. The number of carbonyl (C=O) groups is 1. The van der Waals surface area contributed by atoms with Crippen LogP contribution in [0.2, 0.25) is 0 Å². The van der Waals surface area contributed by atoms with Crippen LogP contribution in [0.25, 0.3) is 6.08 Å². The van der Waals surface area contributed by atoms with Crippen LogP contribution in [0.4, 0.5) is 0 Å². The lowest BCUT2D eigenvalue weighted by Gasteiger charge is -2.05. The number of carbonyl (C=O) groups excluding carboxylic acids is 1. The second-order valence-corrected chi connectivity index (χ2v) is 4.95. The van der Waals surface area contributed by atoms with E-state index < -0.39 is 0 Å². The summed E-state index contributed by atoms with van der Waals surface area (Å²) in [5, 5.41) is 2.84. The van der Waals surface area contributed by atoms with Crippen LogP contribution >= 0.6 is 0 Å². The van der Waals surface area contributed by atoms with Crippen molar-refractivity contribution in [3.05, 3.63) is 65.1 Å². The van der Waals surface area contributed by atoms with Gasteiger partial charge in [-0.2, -0.15) is 0 Å². The number of furan rings is 1. The van der Waals surface area contributed by atoms with Gasteiger partial charge in [0.25, 0.3) is 0 Å². The van der Waals surface area contributed by atoms with Crippen LogP contribution < -0.4 is 5.32 Å². The normalized spacial score (nSPS) is 11.0. The van der Waals surface area contributed by atoms with Crippen LogP contribution in [0, 0.1) is 6.92 Å². The third-order valence-electron chi connectivity index (χ3n) is 3.12. The maximum Gasteiger partial charge on any atom is 0.244 e. The summed E-state index contributed by atoms with van der Waals surface area (Å²) in [7, 11) is 0.